The molecule has 1 atom stereocenters. The highest BCUT2D eigenvalue weighted by Gasteiger charge is 2.20. The molecule has 58 valence electrons. The third-order valence-corrected chi connectivity index (χ3v) is 3.33. The Labute approximate surface area is 72.1 Å². The quantitative estimate of drug-likeness (QED) is 0.603. The Kier molecular flexibility index (Phi) is 1.91. The predicted octanol–water partition coefficient (Wildman–Crippen LogP) is 3.28. The first-order valence-corrected chi connectivity index (χ1v) is 5.05. The first-order valence-electron chi connectivity index (χ1n) is 4.17. The molecular formula is C10H12S. The average Bonchev–Trinajstić information content (AvgIpc) is 2.46. The highest BCUT2D eigenvalue weighted by Crippen LogP contribution is 2.41. The summed E-state index contributed by atoms with van der Waals surface area (Å²) in [6.07, 6.45) is 11.6. The van der Waals surface area contributed by atoms with E-state index in [1.54, 1.807) is 0 Å². The van der Waals surface area contributed by atoms with Crippen molar-refractivity contribution >= 4 is 11.8 Å². The molecule has 0 N–H and O–H groups in total. The van der Waals surface area contributed by atoms with Gasteiger partial charge in [-0.3, -0.25) is 0 Å². The van der Waals surface area contributed by atoms with E-state index in [0.29, 0.717) is 0 Å². The van der Waals surface area contributed by atoms with E-state index >= 15 is 0 Å². The van der Waals surface area contributed by atoms with Gasteiger partial charge in [-0.2, -0.15) is 0 Å². The Hall–Kier alpha value is -0.430. The lowest BCUT2D eigenvalue weighted by atomic mass is 10.2. The summed E-state index contributed by atoms with van der Waals surface area (Å²) >= 11 is 2.01. The standard InChI is InChI=1S/C10H12S/c1-2-4-9-7-8-5-3-6-10(8)11-9/h3,5-7,9H,2,4H2,1H3. The maximum absolute atomic E-state index is 2.39. The molecule has 0 radical (unpaired) electrons. The van der Waals surface area contributed by atoms with Crippen LogP contribution in [0.2, 0.25) is 0 Å². The Morgan fingerprint density at radius 1 is 1.55 bits per heavy atom. The molecule has 11 heavy (non-hydrogen) atoms. The van der Waals surface area contributed by atoms with Gasteiger partial charge in [-0.15, -0.1) is 11.8 Å². The van der Waals surface area contributed by atoms with E-state index in [9.17, 15) is 0 Å². The highest BCUT2D eigenvalue weighted by molar-refractivity contribution is 8.04. The minimum atomic E-state index is 0.756. The van der Waals surface area contributed by atoms with Crippen molar-refractivity contribution in [2.24, 2.45) is 0 Å². The molecule has 1 unspecified atom stereocenters. The van der Waals surface area contributed by atoms with Crippen molar-refractivity contribution in [3.8, 4) is 0 Å². The van der Waals surface area contributed by atoms with E-state index in [0.717, 1.165) is 5.25 Å². The van der Waals surface area contributed by atoms with Gasteiger partial charge in [0.15, 0.2) is 0 Å². The molecule has 0 nitrogen and oxygen atoms in total. The lowest BCUT2D eigenvalue weighted by Gasteiger charge is -2.02. The SMILES string of the molecule is CCCC1C=C2C=CC=C2S1. The Morgan fingerprint density at radius 3 is 3.18 bits per heavy atom. The van der Waals surface area contributed by atoms with Crippen LogP contribution >= 0.6 is 11.8 Å². The van der Waals surface area contributed by atoms with E-state index in [2.05, 4.69) is 31.2 Å². The molecule has 0 aromatic heterocycles. The van der Waals surface area contributed by atoms with Crippen LogP contribution in [0.4, 0.5) is 0 Å². The van der Waals surface area contributed by atoms with Crippen molar-refractivity contribution in [3.63, 3.8) is 0 Å². The summed E-state index contributed by atoms with van der Waals surface area (Å²) in [4.78, 5) is 1.48. The van der Waals surface area contributed by atoms with Crippen molar-refractivity contribution < 1.29 is 0 Å². The molecule has 0 fully saturated rings. The molecule has 0 bridgehead atoms. The van der Waals surface area contributed by atoms with E-state index in [1.807, 2.05) is 11.8 Å². The van der Waals surface area contributed by atoms with Gasteiger partial charge < -0.3 is 0 Å². The molecule has 2 rings (SSSR count). The molecule has 1 heterocycles. The molecule has 0 amide bonds. The van der Waals surface area contributed by atoms with Crippen LogP contribution in [0.15, 0.2) is 34.8 Å². The van der Waals surface area contributed by atoms with Gasteiger partial charge in [0.2, 0.25) is 0 Å². The van der Waals surface area contributed by atoms with E-state index < -0.39 is 0 Å². The van der Waals surface area contributed by atoms with Crippen molar-refractivity contribution in [2.45, 2.75) is 25.0 Å². The van der Waals surface area contributed by atoms with Gasteiger partial charge in [-0.1, -0.05) is 31.6 Å². The van der Waals surface area contributed by atoms with E-state index in [1.165, 1.54) is 23.3 Å². The zero-order valence-corrected chi connectivity index (χ0v) is 7.53. The van der Waals surface area contributed by atoms with Crippen LogP contribution in [0.5, 0.6) is 0 Å². The first kappa shape index (κ1) is 7.23. The Morgan fingerprint density at radius 2 is 2.45 bits per heavy atom. The second kappa shape index (κ2) is 2.90. The fourth-order valence-electron chi connectivity index (χ4n) is 1.49. The van der Waals surface area contributed by atoms with Crippen molar-refractivity contribution in [1.82, 2.24) is 0 Å². The maximum atomic E-state index is 2.39. The summed E-state index contributed by atoms with van der Waals surface area (Å²) in [6, 6.07) is 0. The van der Waals surface area contributed by atoms with E-state index in [4.69, 9.17) is 0 Å². The summed E-state index contributed by atoms with van der Waals surface area (Å²) < 4.78 is 0. The Balaban J connectivity index is 2.09. The zero-order chi connectivity index (χ0) is 7.68. The van der Waals surface area contributed by atoms with Gasteiger partial charge in [0, 0.05) is 10.2 Å². The maximum Gasteiger partial charge on any atom is 0.0283 e. The minimum Gasteiger partial charge on any atom is -0.118 e. The second-order valence-electron chi connectivity index (χ2n) is 2.96. The van der Waals surface area contributed by atoms with Gasteiger partial charge in [0.1, 0.15) is 0 Å². The van der Waals surface area contributed by atoms with Gasteiger partial charge >= 0.3 is 0 Å². The van der Waals surface area contributed by atoms with Crippen LogP contribution in [-0.2, 0) is 0 Å². The molecular weight excluding hydrogens is 152 g/mol. The average molecular weight is 164 g/mol. The molecule has 1 heteroatoms. The monoisotopic (exact) mass is 164 g/mol. The number of fused-ring (bicyclic) bond motifs is 1. The lowest BCUT2D eigenvalue weighted by Crippen LogP contribution is -1.91. The molecule has 0 aromatic rings. The largest absolute Gasteiger partial charge is 0.118 e. The van der Waals surface area contributed by atoms with Gasteiger partial charge in [-0.25, -0.2) is 0 Å². The topological polar surface area (TPSA) is 0 Å². The zero-order valence-electron chi connectivity index (χ0n) is 6.71. The molecule has 1 aliphatic heterocycles. The number of allylic oxidation sites excluding steroid dienone is 4. The number of hydrogen-bond acceptors (Lipinski definition) is 1. The number of rotatable bonds is 2. The van der Waals surface area contributed by atoms with Gasteiger partial charge in [-0.05, 0) is 18.1 Å². The van der Waals surface area contributed by atoms with Gasteiger partial charge in [0.25, 0.3) is 0 Å². The smallest absolute Gasteiger partial charge is 0.0283 e. The summed E-state index contributed by atoms with van der Waals surface area (Å²) in [5, 5.41) is 0.756. The van der Waals surface area contributed by atoms with Crippen molar-refractivity contribution in [1.29, 1.82) is 0 Å². The minimum absolute atomic E-state index is 0.756. The summed E-state index contributed by atoms with van der Waals surface area (Å²) in [5.74, 6) is 0. The first-order chi connectivity index (χ1) is 5.40. The molecule has 0 saturated carbocycles. The normalized spacial score (nSPS) is 26.8. The lowest BCUT2D eigenvalue weighted by molar-refractivity contribution is 0.831. The molecule has 0 aromatic carbocycles. The highest BCUT2D eigenvalue weighted by atomic mass is 32.2. The van der Waals surface area contributed by atoms with Crippen LogP contribution in [-0.4, -0.2) is 5.25 Å². The fraction of sp³-hybridized carbons (Fsp3) is 0.400. The number of thioether (sulfide) groups is 1. The third-order valence-electron chi connectivity index (χ3n) is 2.02. The molecule has 1 aliphatic carbocycles. The molecule has 0 spiro atoms. The van der Waals surface area contributed by atoms with E-state index in [-0.39, 0.29) is 0 Å². The summed E-state index contributed by atoms with van der Waals surface area (Å²) in [6.45, 7) is 2.25. The fourth-order valence-corrected chi connectivity index (χ4v) is 2.81. The van der Waals surface area contributed by atoms with Crippen LogP contribution in [0.1, 0.15) is 19.8 Å². The summed E-state index contributed by atoms with van der Waals surface area (Å²) in [7, 11) is 0. The van der Waals surface area contributed by atoms with Crippen LogP contribution in [0, 0.1) is 0 Å². The molecule has 0 saturated heterocycles. The van der Waals surface area contributed by atoms with Crippen molar-refractivity contribution in [3.05, 3.63) is 34.8 Å². The van der Waals surface area contributed by atoms with Crippen LogP contribution < -0.4 is 0 Å². The number of hydrogen-bond donors (Lipinski definition) is 0. The second-order valence-corrected chi connectivity index (χ2v) is 4.24. The van der Waals surface area contributed by atoms with Crippen LogP contribution in [0.3, 0.4) is 0 Å². The van der Waals surface area contributed by atoms with Crippen molar-refractivity contribution in [2.75, 3.05) is 0 Å². The molecule has 2 aliphatic rings. The van der Waals surface area contributed by atoms with Gasteiger partial charge in [0.05, 0.1) is 0 Å². The Bertz CT molecular complexity index is 246. The third kappa shape index (κ3) is 1.30. The van der Waals surface area contributed by atoms with Crippen LogP contribution in [0.25, 0.3) is 0 Å². The summed E-state index contributed by atoms with van der Waals surface area (Å²) in [5.41, 5.74) is 1.45. The predicted molar refractivity (Wildman–Crippen MR) is 51.6 cm³/mol.